The lowest BCUT2D eigenvalue weighted by atomic mass is 10.2. The van der Waals surface area contributed by atoms with Gasteiger partial charge in [0, 0.05) is 25.3 Å². The molecule has 6 heteroatoms. The molecule has 0 aliphatic carbocycles. The van der Waals surface area contributed by atoms with Crippen molar-refractivity contribution in [1.82, 2.24) is 4.90 Å². The van der Waals surface area contributed by atoms with Gasteiger partial charge in [-0.15, -0.1) is 0 Å². The van der Waals surface area contributed by atoms with Gasteiger partial charge in [-0.1, -0.05) is 0 Å². The molecule has 0 atom stereocenters. The molecule has 25 heavy (non-hydrogen) atoms. The topological polar surface area (TPSA) is 67.9 Å². The average molecular weight is 342 g/mol. The Morgan fingerprint density at radius 1 is 0.920 bits per heavy atom. The molecule has 0 spiro atoms. The first-order valence-electron chi connectivity index (χ1n) is 7.97. The van der Waals surface area contributed by atoms with Gasteiger partial charge in [0.05, 0.1) is 6.61 Å². The minimum absolute atomic E-state index is 0.0864. The second-order valence-corrected chi connectivity index (χ2v) is 5.52. The third-order valence-electron chi connectivity index (χ3n) is 3.33. The number of rotatable bonds is 7. The van der Waals surface area contributed by atoms with Gasteiger partial charge in [0.25, 0.3) is 11.8 Å². The fraction of sp³-hybridized carbons (Fsp3) is 0.263. The number of nitrogens with zero attached hydrogens (tertiary/aromatic N) is 1. The van der Waals surface area contributed by atoms with E-state index in [4.69, 9.17) is 9.47 Å². The molecular formula is C19H22N2O4. The van der Waals surface area contributed by atoms with E-state index >= 15 is 0 Å². The van der Waals surface area contributed by atoms with Crippen LogP contribution in [0.3, 0.4) is 0 Å². The summed E-state index contributed by atoms with van der Waals surface area (Å²) in [5, 5.41) is 2.73. The maximum absolute atomic E-state index is 11.9. The van der Waals surface area contributed by atoms with Crippen LogP contribution in [0.25, 0.3) is 0 Å². The van der Waals surface area contributed by atoms with Crippen LogP contribution in [0.4, 0.5) is 5.69 Å². The lowest BCUT2D eigenvalue weighted by Gasteiger charge is -2.11. The summed E-state index contributed by atoms with van der Waals surface area (Å²) in [7, 11) is 3.38. The summed E-state index contributed by atoms with van der Waals surface area (Å²) in [5.74, 6) is 0.981. The minimum atomic E-state index is -0.277. The van der Waals surface area contributed by atoms with Gasteiger partial charge in [-0.05, 0) is 55.5 Å². The SMILES string of the molecule is CCOc1ccc(OCC(=O)Nc2ccc(C(=O)N(C)C)cc2)cc1. The lowest BCUT2D eigenvalue weighted by molar-refractivity contribution is -0.118. The Kier molecular flexibility index (Phi) is 6.39. The Morgan fingerprint density at radius 3 is 2.00 bits per heavy atom. The summed E-state index contributed by atoms with van der Waals surface area (Å²) in [6.07, 6.45) is 0. The van der Waals surface area contributed by atoms with Crippen molar-refractivity contribution in [2.75, 3.05) is 32.6 Å². The number of benzene rings is 2. The highest BCUT2D eigenvalue weighted by Crippen LogP contribution is 2.17. The first-order valence-corrected chi connectivity index (χ1v) is 7.97. The van der Waals surface area contributed by atoms with Crippen LogP contribution in [0.2, 0.25) is 0 Å². The molecule has 0 fully saturated rings. The highest BCUT2D eigenvalue weighted by atomic mass is 16.5. The first-order chi connectivity index (χ1) is 12.0. The summed E-state index contributed by atoms with van der Waals surface area (Å²) in [6.45, 7) is 2.41. The molecule has 1 N–H and O–H groups in total. The van der Waals surface area contributed by atoms with Gasteiger partial charge in [0.15, 0.2) is 6.61 Å². The van der Waals surface area contributed by atoms with Crippen LogP contribution in [0, 0.1) is 0 Å². The van der Waals surface area contributed by atoms with E-state index in [9.17, 15) is 9.59 Å². The van der Waals surface area contributed by atoms with E-state index in [1.165, 1.54) is 4.90 Å². The number of amides is 2. The molecule has 0 saturated heterocycles. The molecule has 0 aliphatic heterocycles. The molecule has 0 aliphatic rings. The van der Waals surface area contributed by atoms with Crippen molar-refractivity contribution >= 4 is 17.5 Å². The number of ether oxygens (including phenoxy) is 2. The standard InChI is InChI=1S/C19H22N2O4/c1-4-24-16-9-11-17(12-10-16)25-13-18(22)20-15-7-5-14(6-8-15)19(23)21(2)3/h5-12H,4,13H2,1-3H3,(H,20,22). The maximum atomic E-state index is 11.9. The van der Waals surface area contributed by atoms with Crippen LogP contribution in [-0.2, 0) is 4.79 Å². The molecule has 2 rings (SSSR count). The lowest BCUT2D eigenvalue weighted by Crippen LogP contribution is -2.22. The summed E-state index contributed by atoms with van der Waals surface area (Å²) in [6, 6.07) is 13.8. The monoisotopic (exact) mass is 342 g/mol. The predicted molar refractivity (Wildman–Crippen MR) is 96.2 cm³/mol. The third kappa shape index (κ3) is 5.53. The van der Waals surface area contributed by atoms with Crippen molar-refractivity contribution in [2.45, 2.75) is 6.92 Å². The number of hydrogen-bond donors (Lipinski definition) is 1. The Hall–Kier alpha value is -3.02. The first kappa shape index (κ1) is 18.3. The molecule has 0 radical (unpaired) electrons. The third-order valence-corrected chi connectivity index (χ3v) is 3.33. The molecule has 132 valence electrons. The van der Waals surface area contributed by atoms with E-state index in [-0.39, 0.29) is 18.4 Å². The van der Waals surface area contributed by atoms with E-state index in [0.29, 0.717) is 23.6 Å². The van der Waals surface area contributed by atoms with E-state index in [0.717, 1.165) is 5.75 Å². The molecule has 2 aromatic carbocycles. The molecule has 0 saturated carbocycles. The average Bonchev–Trinajstić information content (AvgIpc) is 2.61. The molecule has 6 nitrogen and oxygen atoms in total. The number of anilines is 1. The zero-order valence-electron chi connectivity index (χ0n) is 14.6. The largest absolute Gasteiger partial charge is 0.494 e. The van der Waals surface area contributed by atoms with Crippen molar-refractivity contribution in [1.29, 1.82) is 0 Å². The normalized spacial score (nSPS) is 10.0. The Labute approximate surface area is 147 Å². The van der Waals surface area contributed by atoms with Gasteiger partial charge in [-0.25, -0.2) is 0 Å². The van der Waals surface area contributed by atoms with Crippen molar-refractivity contribution < 1.29 is 19.1 Å². The molecule has 0 heterocycles. The number of carbonyl (C=O) groups is 2. The maximum Gasteiger partial charge on any atom is 0.262 e. The summed E-state index contributed by atoms with van der Waals surface area (Å²) in [5.41, 5.74) is 1.17. The van der Waals surface area contributed by atoms with E-state index in [2.05, 4.69) is 5.32 Å². The van der Waals surface area contributed by atoms with Crippen LogP contribution < -0.4 is 14.8 Å². The zero-order chi connectivity index (χ0) is 18.2. The van der Waals surface area contributed by atoms with Crippen LogP contribution in [0.1, 0.15) is 17.3 Å². The second-order valence-electron chi connectivity index (χ2n) is 5.52. The molecule has 2 amide bonds. The highest BCUT2D eigenvalue weighted by Gasteiger charge is 2.08. The predicted octanol–water partition coefficient (Wildman–Crippen LogP) is 2.80. The van der Waals surface area contributed by atoms with Gasteiger partial charge in [0.2, 0.25) is 0 Å². The highest BCUT2D eigenvalue weighted by molar-refractivity contribution is 5.95. The Bertz CT molecular complexity index is 709. The number of nitrogens with one attached hydrogen (secondary N) is 1. The van der Waals surface area contributed by atoms with E-state index in [1.807, 2.05) is 6.92 Å². The van der Waals surface area contributed by atoms with Crippen molar-refractivity contribution in [3.63, 3.8) is 0 Å². The number of carbonyl (C=O) groups excluding carboxylic acids is 2. The van der Waals surface area contributed by atoms with Crippen LogP contribution in [-0.4, -0.2) is 44.0 Å². The smallest absolute Gasteiger partial charge is 0.262 e. The van der Waals surface area contributed by atoms with Gasteiger partial charge in [0.1, 0.15) is 11.5 Å². The van der Waals surface area contributed by atoms with Crippen LogP contribution >= 0.6 is 0 Å². The van der Waals surface area contributed by atoms with Gasteiger partial charge >= 0.3 is 0 Å². The summed E-state index contributed by atoms with van der Waals surface area (Å²) >= 11 is 0. The van der Waals surface area contributed by atoms with Crippen molar-refractivity contribution in [3.8, 4) is 11.5 Å². The second kappa shape index (κ2) is 8.73. The van der Waals surface area contributed by atoms with Gasteiger partial charge in [-0.2, -0.15) is 0 Å². The van der Waals surface area contributed by atoms with Gasteiger partial charge < -0.3 is 19.7 Å². The fourth-order valence-corrected chi connectivity index (χ4v) is 2.10. The molecule has 0 bridgehead atoms. The molecule has 2 aromatic rings. The summed E-state index contributed by atoms with van der Waals surface area (Å²) < 4.78 is 10.8. The molecule has 0 aromatic heterocycles. The fourth-order valence-electron chi connectivity index (χ4n) is 2.10. The van der Waals surface area contributed by atoms with Crippen LogP contribution in [0.15, 0.2) is 48.5 Å². The Balaban J connectivity index is 1.84. The van der Waals surface area contributed by atoms with E-state index < -0.39 is 0 Å². The summed E-state index contributed by atoms with van der Waals surface area (Å²) in [4.78, 5) is 25.3. The quantitative estimate of drug-likeness (QED) is 0.840. The van der Waals surface area contributed by atoms with Crippen LogP contribution in [0.5, 0.6) is 11.5 Å². The molecule has 0 unspecified atom stereocenters. The van der Waals surface area contributed by atoms with Crippen molar-refractivity contribution in [2.24, 2.45) is 0 Å². The van der Waals surface area contributed by atoms with Gasteiger partial charge in [-0.3, -0.25) is 9.59 Å². The molecular weight excluding hydrogens is 320 g/mol. The van der Waals surface area contributed by atoms with Crippen molar-refractivity contribution in [3.05, 3.63) is 54.1 Å². The van der Waals surface area contributed by atoms with E-state index in [1.54, 1.807) is 62.6 Å². The Morgan fingerprint density at radius 2 is 1.48 bits per heavy atom. The minimum Gasteiger partial charge on any atom is -0.494 e. The zero-order valence-corrected chi connectivity index (χ0v) is 14.6. The number of hydrogen-bond acceptors (Lipinski definition) is 4.